The number of ether oxygens (including phenoxy) is 1. The number of hydrogen-bond donors (Lipinski definition) is 2. The summed E-state index contributed by atoms with van der Waals surface area (Å²) in [6.45, 7) is 6.00. The van der Waals surface area contributed by atoms with E-state index in [0.29, 0.717) is 24.3 Å². The molecular weight excluding hydrogens is 312 g/mol. The second-order valence-electron chi connectivity index (χ2n) is 6.69. The molecule has 0 radical (unpaired) electrons. The molecule has 0 aromatic heterocycles. The summed E-state index contributed by atoms with van der Waals surface area (Å²) in [6, 6.07) is 5.68. The van der Waals surface area contributed by atoms with Gasteiger partial charge in [0, 0.05) is 17.6 Å². The molecule has 7 heteroatoms. The van der Waals surface area contributed by atoms with Gasteiger partial charge in [0.25, 0.3) is 5.91 Å². The summed E-state index contributed by atoms with van der Waals surface area (Å²) in [5, 5.41) is 11.4. The summed E-state index contributed by atoms with van der Waals surface area (Å²) in [4.78, 5) is 37.0. The molecule has 2 amide bonds. The molecule has 1 aromatic rings. The average molecular weight is 334 g/mol. The number of carbonyl (C=O) groups excluding carboxylic acids is 2. The number of hydrogen-bond acceptors (Lipinski definition) is 4. The van der Waals surface area contributed by atoms with Crippen LogP contribution in [0.25, 0.3) is 0 Å². The number of carbonyl (C=O) groups is 3. The number of carboxylic acid groups (broad SMARTS) is 1. The van der Waals surface area contributed by atoms with E-state index >= 15 is 0 Å². The van der Waals surface area contributed by atoms with Crippen LogP contribution in [0, 0.1) is 0 Å². The second-order valence-corrected chi connectivity index (χ2v) is 6.69. The van der Waals surface area contributed by atoms with E-state index in [2.05, 4.69) is 5.32 Å². The lowest BCUT2D eigenvalue weighted by Crippen LogP contribution is -2.47. The molecule has 1 fully saturated rings. The van der Waals surface area contributed by atoms with Crippen molar-refractivity contribution in [2.24, 2.45) is 0 Å². The molecule has 0 bridgehead atoms. The minimum atomic E-state index is -1.09. The highest BCUT2D eigenvalue weighted by Gasteiger charge is 2.38. The fraction of sp³-hybridized carbons (Fsp3) is 0.471. The molecule has 0 spiro atoms. The Kier molecular flexibility index (Phi) is 5.11. The van der Waals surface area contributed by atoms with Crippen LogP contribution in [0.3, 0.4) is 0 Å². The highest BCUT2D eigenvalue weighted by Crippen LogP contribution is 2.22. The van der Waals surface area contributed by atoms with E-state index in [9.17, 15) is 14.4 Å². The van der Waals surface area contributed by atoms with Gasteiger partial charge in [0.15, 0.2) is 6.61 Å². The Balaban J connectivity index is 2.01. The SMILES string of the molecule is CC(C)(C)N1CCC(NC(=O)c2cccc(OCC(=O)O)c2)C1=O. The predicted molar refractivity (Wildman–Crippen MR) is 86.9 cm³/mol. The van der Waals surface area contributed by atoms with Gasteiger partial charge in [-0.15, -0.1) is 0 Å². The number of nitrogens with zero attached hydrogens (tertiary/aromatic N) is 1. The number of nitrogens with one attached hydrogen (secondary N) is 1. The minimum Gasteiger partial charge on any atom is -0.482 e. The fourth-order valence-corrected chi connectivity index (χ4v) is 2.59. The quantitative estimate of drug-likeness (QED) is 0.845. The molecule has 1 unspecified atom stereocenters. The number of aliphatic carboxylic acids is 1. The van der Waals surface area contributed by atoms with Gasteiger partial charge in [0.2, 0.25) is 5.91 Å². The molecular formula is C17H22N2O5. The number of carboxylic acids is 1. The van der Waals surface area contributed by atoms with Crippen LogP contribution in [0.5, 0.6) is 5.75 Å². The average Bonchev–Trinajstić information content (AvgIpc) is 2.86. The first-order chi connectivity index (χ1) is 11.2. The third-order valence-electron chi connectivity index (χ3n) is 3.78. The van der Waals surface area contributed by atoms with Crippen LogP contribution in [0.2, 0.25) is 0 Å². The van der Waals surface area contributed by atoms with E-state index in [1.54, 1.807) is 23.1 Å². The summed E-state index contributed by atoms with van der Waals surface area (Å²) in [5.74, 6) is -1.28. The fourth-order valence-electron chi connectivity index (χ4n) is 2.59. The van der Waals surface area contributed by atoms with Crippen LogP contribution in [-0.4, -0.2) is 52.5 Å². The van der Waals surface area contributed by atoms with Crippen LogP contribution < -0.4 is 10.1 Å². The predicted octanol–water partition coefficient (Wildman–Crippen LogP) is 1.28. The van der Waals surface area contributed by atoms with Crippen molar-refractivity contribution in [1.82, 2.24) is 10.2 Å². The molecule has 130 valence electrons. The van der Waals surface area contributed by atoms with E-state index in [4.69, 9.17) is 9.84 Å². The number of benzene rings is 1. The van der Waals surface area contributed by atoms with Gasteiger partial charge in [-0.3, -0.25) is 9.59 Å². The van der Waals surface area contributed by atoms with Crippen molar-refractivity contribution >= 4 is 17.8 Å². The highest BCUT2D eigenvalue weighted by atomic mass is 16.5. The lowest BCUT2D eigenvalue weighted by atomic mass is 10.1. The molecule has 1 heterocycles. The summed E-state index contributed by atoms with van der Waals surface area (Å²) in [5.41, 5.74) is 0.0427. The monoisotopic (exact) mass is 334 g/mol. The van der Waals surface area contributed by atoms with Gasteiger partial charge in [-0.25, -0.2) is 4.79 Å². The van der Waals surface area contributed by atoms with Gasteiger partial charge >= 0.3 is 5.97 Å². The van der Waals surface area contributed by atoms with E-state index in [1.165, 1.54) is 6.07 Å². The van der Waals surface area contributed by atoms with Crippen molar-refractivity contribution < 1.29 is 24.2 Å². The maximum atomic E-state index is 12.4. The third kappa shape index (κ3) is 4.24. The molecule has 0 saturated carbocycles. The Morgan fingerprint density at radius 2 is 2.08 bits per heavy atom. The highest BCUT2D eigenvalue weighted by molar-refractivity contribution is 5.98. The molecule has 1 aliphatic rings. The first kappa shape index (κ1) is 17.8. The van der Waals surface area contributed by atoms with Crippen LogP contribution in [-0.2, 0) is 9.59 Å². The Bertz CT molecular complexity index is 651. The summed E-state index contributed by atoms with van der Waals surface area (Å²) < 4.78 is 5.06. The van der Waals surface area contributed by atoms with E-state index in [-0.39, 0.29) is 17.4 Å². The lowest BCUT2D eigenvalue weighted by molar-refractivity contribution is -0.139. The summed E-state index contributed by atoms with van der Waals surface area (Å²) >= 11 is 0. The Morgan fingerprint density at radius 1 is 1.38 bits per heavy atom. The van der Waals surface area contributed by atoms with Gasteiger partial charge in [0.1, 0.15) is 11.8 Å². The first-order valence-electron chi connectivity index (χ1n) is 7.75. The summed E-state index contributed by atoms with van der Waals surface area (Å²) in [7, 11) is 0. The topological polar surface area (TPSA) is 95.9 Å². The van der Waals surface area contributed by atoms with Crippen molar-refractivity contribution in [3.05, 3.63) is 29.8 Å². The third-order valence-corrected chi connectivity index (χ3v) is 3.78. The van der Waals surface area contributed by atoms with Crippen molar-refractivity contribution in [3.8, 4) is 5.75 Å². The van der Waals surface area contributed by atoms with Crippen LogP contribution in [0.4, 0.5) is 0 Å². The Morgan fingerprint density at radius 3 is 2.67 bits per heavy atom. The maximum absolute atomic E-state index is 12.4. The Labute approximate surface area is 140 Å². The maximum Gasteiger partial charge on any atom is 0.341 e. The number of rotatable bonds is 5. The lowest BCUT2D eigenvalue weighted by Gasteiger charge is -2.32. The van der Waals surface area contributed by atoms with Gasteiger partial charge in [-0.2, -0.15) is 0 Å². The Hall–Kier alpha value is -2.57. The van der Waals surface area contributed by atoms with Crippen molar-refractivity contribution in [2.75, 3.05) is 13.2 Å². The number of amides is 2. The van der Waals surface area contributed by atoms with E-state index < -0.39 is 18.6 Å². The molecule has 24 heavy (non-hydrogen) atoms. The zero-order valence-electron chi connectivity index (χ0n) is 14.0. The molecule has 2 N–H and O–H groups in total. The molecule has 0 aliphatic carbocycles. The second kappa shape index (κ2) is 6.90. The van der Waals surface area contributed by atoms with Crippen molar-refractivity contribution in [2.45, 2.75) is 38.8 Å². The molecule has 1 atom stereocenters. The smallest absolute Gasteiger partial charge is 0.341 e. The molecule has 1 aliphatic heterocycles. The summed E-state index contributed by atoms with van der Waals surface area (Å²) in [6.07, 6.45) is 0.567. The molecule has 1 aromatic carbocycles. The molecule has 2 rings (SSSR count). The first-order valence-corrected chi connectivity index (χ1v) is 7.75. The normalized spacial score (nSPS) is 17.7. The molecule has 1 saturated heterocycles. The molecule has 7 nitrogen and oxygen atoms in total. The minimum absolute atomic E-state index is 0.0888. The van der Waals surface area contributed by atoms with Gasteiger partial charge in [-0.1, -0.05) is 6.07 Å². The van der Waals surface area contributed by atoms with Crippen LogP contribution in [0.15, 0.2) is 24.3 Å². The van der Waals surface area contributed by atoms with Gasteiger partial charge in [-0.05, 0) is 45.4 Å². The standard InChI is InChI=1S/C17H22N2O5/c1-17(2,3)19-8-7-13(16(19)23)18-15(22)11-5-4-6-12(9-11)24-10-14(20)21/h4-6,9,13H,7-8,10H2,1-3H3,(H,18,22)(H,20,21). The van der Waals surface area contributed by atoms with Crippen molar-refractivity contribution in [1.29, 1.82) is 0 Å². The zero-order valence-corrected chi connectivity index (χ0v) is 14.0. The van der Waals surface area contributed by atoms with E-state index in [0.717, 1.165) is 0 Å². The van der Waals surface area contributed by atoms with E-state index in [1.807, 2.05) is 20.8 Å². The van der Waals surface area contributed by atoms with Gasteiger partial charge < -0.3 is 20.1 Å². The largest absolute Gasteiger partial charge is 0.482 e. The van der Waals surface area contributed by atoms with Crippen molar-refractivity contribution in [3.63, 3.8) is 0 Å². The van der Waals surface area contributed by atoms with Crippen LogP contribution >= 0.6 is 0 Å². The van der Waals surface area contributed by atoms with Gasteiger partial charge in [0.05, 0.1) is 0 Å². The zero-order chi connectivity index (χ0) is 17.9. The van der Waals surface area contributed by atoms with Crippen LogP contribution in [0.1, 0.15) is 37.6 Å². The number of likely N-dealkylation sites (tertiary alicyclic amines) is 1.